The highest BCUT2D eigenvalue weighted by Crippen LogP contribution is 2.36. The number of aromatic amines is 1. The van der Waals surface area contributed by atoms with E-state index >= 15 is 0 Å². The van der Waals surface area contributed by atoms with Crippen LogP contribution in [0.15, 0.2) is 16.7 Å². The van der Waals surface area contributed by atoms with Crippen LogP contribution in [0.1, 0.15) is 36.7 Å². The maximum Gasteiger partial charge on any atom is 0.122 e. The lowest BCUT2D eigenvalue weighted by molar-refractivity contribution is 0.407. The van der Waals surface area contributed by atoms with E-state index in [4.69, 9.17) is 4.74 Å². The first-order valence-electron chi connectivity index (χ1n) is 6.35. The van der Waals surface area contributed by atoms with Gasteiger partial charge in [-0.2, -0.15) is 0 Å². The van der Waals surface area contributed by atoms with Crippen LogP contribution < -0.4 is 4.74 Å². The molecule has 0 unspecified atom stereocenters. The van der Waals surface area contributed by atoms with E-state index in [1.807, 2.05) is 6.92 Å². The Morgan fingerprint density at radius 1 is 1.26 bits per heavy atom. The standard InChI is InChI=1S/C15H19BrN2O/c1-8(2)11-7-12(9(3)6-13(11)19-5)14-15(16)18-10(4)17-14/h6-8H,1-5H3,(H,17,18). The summed E-state index contributed by atoms with van der Waals surface area (Å²) >= 11 is 3.54. The van der Waals surface area contributed by atoms with Gasteiger partial charge in [-0.25, -0.2) is 4.98 Å². The number of methoxy groups -OCH3 is 1. The van der Waals surface area contributed by atoms with Gasteiger partial charge < -0.3 is 9.72 Å². The second kappa shape index (κ2) is 5.37. The summed E-state index contributed by atoms with van der Waals surface area (Å²) in [5, 5.41) is 0. The van der Waals surface area contributed by atoms with Crippen molar-refractivity contribution in [2.45, 2.75) is 33.6 Å². The maximum absolute atomic E-state index is 5.47. The van der Waals surface area contributed by atoms with Crippen molar-refractivity contribution in [2.75, 3.05) is 7.11 Å². The van der Waals surface area contributed by atoms with Gasteiger partial charge in [0.2, 0.25) is 0 Å². The molecule has 0 aliphatic rings. The normalized spacial score (nSPS) is 11.1. The van der Waals surface area contributed by atoms with Crippen molar-refractivity contribution >= 4 is 15.9 Å². The fourth-order valence-electron chi connectivity index (χ4n) is 2.22. The minimum absolute atomic E-state index is 0.410. The number of hydrogen-bond donors (Lipinski definition) is 1. The lowest BCUT2D eigenvalue weighted by Crippen LogP contribution is -1.97. The molecule has 4 heteroatoms. The van der Waals surface area contributed by atoms with E-state index in [-0.39, 0.29) is 0 Å². The molecule has 0 saturated carbocycles. The first-order chi connectivity index (χ1) is 8.93. The molecular formula is C15H19BrN2O. The van der Waals surface area contributed by atoms with E-state index in [9.17, 15) is 0 Å². The predicted molar refractivity (Wildman–Crippen MR) is 81.8 cm³/mol. The Kier molecular flexibility index (Phi) is 3.99. The Labute approximate surface area is 122 Å². The Hall–Kier alpha value is -1.29. The molecule has 0 radical (unpaired) electrons. The molecule has 0 saturated heterocycles. The van der Waals surface area contributed by atoms with Crippen molar-refractivity contribution in [2.24, 2.45) is 0 Å². The molecule has 0 bridgehead atoms. The van der Waals surface area contributed by atoms with Gasteiger partial charge in [0, 0.05) is 5.56 Å². The number of H-pyrrole nitrogens is 1. The second-order valence-electron chi connectivity index (χ2n) is 5.05. The van der Waals surface area contributed by atoms with Crippen LogP contribution in [0.4, 0.5) is 0 Å². The van der Waals surface area contributed by atoms with Crippen LogP contribution in [0, 0.1) is 13.8 Å². The first kappa shape index (κ1) is 14.1. The zero-order valence-corrected chi connectivity index (χ0v) is 13.6. The molecule has 2 aromatic rings. The molecule has 3 nitrogen and oxygen atoms in total. The molecule has 0 amide bonds. The molecule has 0 aliphatic heterocycles. The lowest BCUT2D eigenvalue weighted by Gasteiger charge is -2.15. The Balaban J connectivity index is 2.64. The third-order valence-electron chi connectivity index (χ3n) is 3.23. The summed E-state index contributed by atoms with van der Waals surface area (Å²) < 4.78 is 6.40. The van der Waals surface area contributed by atoms with Crippen LogP contribution in [0.5, 0.6) is 5.75 Å². The van der Waals surface area contributed by atoms with E-state index in [0.29, 0.717) is 5.92 Å². The van der Waals surface area contributed by atoms with E-state index in [1.54, 1.807) is 7.11 Å². The van der Waals surface area contributed by atoms with Gasteiger partial charge in [0.25, 0.3) is 0 Å². The molecule has 1 N–H and O–H groups in total. The Bertz CT molecular complexity index is 602. The molecule has 0 aliphatic carbocycles. The van der Waals surface area contributed by atoms with Gasteiger partial charge in [-0.05, 0) is 59.0 Å². The molecule has 19 heavy (non-hydrogen) atoms. The predicted octanol–water partition coefficient (Wildman–Crippen LogP) is 4.59. The van der Waals surface area contributed by atoms with Crippen molar-refractivity contribution in [3.8, 4) is 17.0 Å². The number of imidazole rings is 1. The Morgan fingerprint density at radius 3 is 2.42 bits per heavy atom. The van der Waals surface area contributed by atoms with E-state index in [2.05, 4.69) is 58.8 Å². The van der Waals surface area contributed by atoms with Crippen LogP contribution in [0.3, 0.4) is 0 Å². The minimum Gasteiger partial charge on any atom is -0.496 e. The number of benzene rings is 1. The van der Waals surface area contributed by atoms with Crippen LogP contribution in [0.2, 0.25) is 0 Å². The number of aromatic nitrogens is 2. The highest BCUT2D eigenvalue weighted by molar-refractivity contribution is 9.10. The minimum atomic E-state index is 0.410. The number of aryl methyl sites for hydroxylation is 2. The van der Waals surface area contributed by atoms with Crippen LogP contribution in [-0.4, -0.2) is 17.1 Å². The summed E-state index contributed by atoms with van der Waals surface area (Å²) in [5.41, 5.74) is 4.46. The number of rotatable bonds is 3. The summed E-state index contributed by atoms with van der Waals surface area (Å²) in [6.45, 7) is 8.37. The van der Waals surface area contributed by atoms with Crippen molar-refractivity contribution < 1.29 is 4.74 Å². The van der Waals surface area contributed by atoms with Gasteiger partial charge in [-0.3, -0.25) is 0 Å². The topological polar surface area (TPSA) is 37.9 Å². The van der Waals surface area contributed by atoms with Gasteiger partial charge in [0.1, 0.15) is 21.9 Å². The average molecular weight is 323 g/mol. The van der Waals surface area contributed by atoms with Gasteiger partial charge in [-0.1, -0.05) is 13.8 Å². The van der Waals surface area contributed by atoms with E-state index < -0.39 is 0 Å². The second-order valence-corrected chi connectivity index (χ2v) is 5.84. The summed E-state index contributed by atoms with van der Waals surface area (Å²) in [6, 6.07) is 4.26. The number of hydrogen-bond acceptors (Lipinski definition) is 2. The van der Waals surface area contributed by atoms with Crippen molar-refractivity contribution in [1.82, 2.24) is 9.97 Å². The van der Waals surface area contributed by atoms with Crippen molar-refractivity contribution in [3.63, 3.8) is 0 Å². The molecule has 0 fully saturated rings. The van der Waals surface area contributed by atoms with Crippen LogP contribution in [-0.2, 0) is 0 Å². The quantitative estimate of drug-likeness (QED) is 0.897. The highest BCUT2D eigenvalue weighted by atomic mass is 79.9. The number of nitrogens with zero attached hydrogens (tertiary/aromatic N) is 1. The number of ether oxygens (including phenoxy) is 1. The summed E-state index contributed by atoms with van der Waals surface area (Å²) in [4.78, 5) is 7.74. The molecule has 0 spiro atoms. The first-order valence-corrected chi connectivity index (χ1v) is 7.14. The van der Waals surface area contributed by atoms with Crippen LogP contribution >= 0.6 is 15.9 Å². The van der Waals surface area contributed by atoms with E-state index in [1.165, 1.54) is 5.56 Å². The summed E-state index contributed by atoms with van der Waals surface area (Å²) in [6.07, 6.45) is 0. The molecule has 2 rings (SSSR count). The van der Waals surface area contributed by atoms with E-state index in [0.717, 1.165) is 33.0 Å². The van der Waals surface area contributed by atoms with Crippen molar-refractivity contribution in [3.05, 3.63) is 33.7 Å². The third-order valence-corrected chi connectivity index (χ3v) is 3.81. The highest BCUT2D eigenvalue weighted by Gasteiger charge is 2.16. The fraction of sp³-hybridized carbons (Fsp3) is 0.400. The molecule has 1 aromatic carbocycles. The van der Waals surface area contributed by atoms with Crippen LogP contribution in [0.25, 0.3) is 11.3 Å². The fourth-order valence-corrected chi connectivity index (χ4v) is 2.81. The molecule has 1 heterocycles. The maximum atomic E-state index is 5.47. The number of halogens is 1. The molecule has 1 aromatic heterocycles. The van der Waals surface area contributed by atoms with Gasteiger partial charge in [-0.15, -0.1) is 0 Å². The van der Waals surface area contributed by atoms with Gasteiger partial charge >= 0.3 is 0 Å². The monoisotopic (exact) mass is 322 g/mol. The molecule has 0 atom stereocenters. The largest absolute Gasteiger partial charge is 0.496 e. The molecular weight excluding hydrogens is 304 g/mol. The zero-order valence-electron chi connectivity index (χ0n) is 12.0. The van der Waals surface area contributed by atoms with Gasteiger partial charge in [0.05, 0.1) is 7.11 Å². The summed E-state index contributed by atoms with van der Waals surface area (Å²) in [7, 11) is 1.72. The van der Waals surface area contributed by atoms with Crippen molar-refractivity contribution in [1.29, 1.82) is 0 Å². The summed E-state index contributed by atoms with van der Waals surface area (Å²) in [5.74, 6) is 2.26. The smallest absolute Gasteiger partial charge is 0.122 e. The zero-order chi connectivity index (χ0) is 14.2. The third kappa shape index (κ3) is 2.68. The Morgan fingerprint density at radius 2 is 1.95 bits per heavy atom. The molecule has 102 valence electrons. The lowest BCUT2D eigenvalue weighted by atomic mass is 9.95. The number of nitrogens with one attached hydrogen (secondary N) is 1. The van der Waals surface area contributed by atoms with Gasteiger partial charge in [0.15, 0.2) is 0 Å². The average Bonchev–Trinajstić information content (AvgIpc) is 2.67. The SMILES string of the molecule is COc1cc(C)c(-c2nc(C)[nH]c2Br)cc1C(C)C.